The van der Waals surface area contributed by atoms with Gasteiger partial charge in [0.15, 0.2) is 12.6 Å². The Morgan fingerprint density at radius 2 is 1.81 bits per heavy atom. The predicted octanol–water partition coefficient (Wildman–Crippen LogP) is 2.15. The zero-order chi connectivity index (χ0) is 38.6. The van der Waals surface area contributed by atoms with Crippen LogP contribution in [0.25, 0.3) is 0 Å². The van der Waals surface area contributed by atoms with Crippen LogP contribution in [0.2, 0.25) is 5.15 Å². The van der Waals surface area contributed by atoms with E-state index < -0.39 is 52.1 Å². The molecule has 19 heteroatoms. The zero-order valence-electron chi connectivity index (χ0n) is 30.0. The molecule has 4 fully saturated rings. The van der Waals surface area contributed by atoms with Crippen LogP contribution in [0.4, 0.5) is 25.1 Å². The molecule has 1 aliphatic carbocycles. The lowest BCUT2D eigenvalue weighted by atomic mass is 9.80. The number of halogens is 3. The average molecular weight is 796 g/mol. The van der Waals surface area contributed by atoms with Crippen molar-refractivity contribution in [2.24, 2.45) is 17.4 Å². The quantitative estimate of drug-likeness (QED) is 0.237. The lowest BCUT2D eigenvalue weighted by Crippen LogP contribution is -2.59. The summed E-state index contributed by atoms with van der Waals surface area (Å²) in [6, 6.07) is 5.78. The van der Waals surface area contributed by atoms with E-state index in [4.69, 9.17) is 32.5 Å². The number of ether oxygens (including phenoxy) is 2. The van der Waals surface area contributed by atoms with E-state index in [1.165, 1.54) is 39.5 Å². The van der Waals surface area contributed by atoms with Gasteiger partial charge < -0.3 is 35.6 Å². The Morgan fingerprint density at radius 3 is 2.50 bits per heavy atom. The van der Waals surface area contributed by atoms with E-state index in [1.54, 1.807) is 4.90 Å². The third kappa shape index (κ3) is 7.18. The number of sulfonamides is 1. The van der Waals surface area contributed by atoms with Crippen molar-refractivity contribution in [1.82, 2.24) is 14.6 Å². The number of hydrogen-bond donors (Lipinski definition) is 3. The van der Waals surface area contributed by atoms with E-state index in [9.17, 15) is 22.8 Å². The number of aromatic nitrogens is 1. The molecule has 1 aromatic heterocycles. The van der Waals surface area contributed by atoms with Gasteiger partial charge >= 0.3 is 6.09 Å². The highest BCUT2D eigenvalue weighted by Crippen LogP contribution is 2.45. The van der Waals surface area contributed by atoms with Crippen molar-refractivity contribution in [2.75, 3.05) is 69.3 Å². The van der Waals surface area contributed by atoms with Crippen molar-refractivity contribution >= 4 is 51.0 Å². The summed E-state index contributed by atoms with van der Waals surface area (Å²) in [6.07, 6.45) is 1.49. The topological polar surface area (TPSA) is 190 Å². The number of primary amides is 1. The van der Waals surface area contributed by atoms with Gasteiger partial charge in [-0.1, -0.05) is 11.6 Å². The summed E-state index contributed by atoms with van der Waals surface area (Å²) in [6.45, 7) is 1.49. The lowest BCUT2D eigenvalue weighted by Gasteiger charge is -2.37. The number of amides is 3. The lowest BCUT2D eigenvalue weighted by molar-refractivity contribution is -0.904. The van der Waals surface area contributed by atoms with E-state index in [1.807, 2.05) is 7.05 Å². The highest BCUT2D eigenvalue weighted by Gasteiger charge is 2.48. The van der Waals surface area contributed by atoms with Gasteiger partial charge in [0.1, 0.15) is 35.5 Å². The number of cyclic esters (lactones) is 1. The summed E-state index contributed by atoms with van der Waals surface area (Å²) in [5.41, 5.74) is 11.3. The first kappa shape index (κ1) is 38.4. The number of nitrogens with one attached hydrogen (secondary N) is 1. The van der Waals surface area contributed by atoms with Crippen LogP contribution in [0, 0.1) is 5.92 Å². The number of pyridine rings is 1. The Morgan fingerprint density at radius 1 is 1.09 bits per heavy atom. The number of nitrogens with two attached hydrogens (primary N) is 2. The maximum Gasteiger partial charge on any atom is 0.415 e. The van der Waals surface area contributed by atoms with Gasteiger partial charge in [0.25, 0.3) is 17.7 Å². The van der Waals surface area contributed by atoms with Crippen molar-refractivity contribution in [3.8, 4) is 5.75 Å². The SMILES string of the molecule is C[N@+]1(CC(N)=O)CCC[C@H]1C(=O)NC1CCC(C(F)(F)c2cc(Cl)nc(N3CCN(S(=O)(=O)c4ccc5c(c4)OC[C@@H]4[C@H](CN)OC(=O)N54)CC3)c2)CC1. The number of likely N-dealkylation sites (tertiary alicyclic amines) is 1. The number of rotatable bonds is 10. The molecule has 294 valence electrons. The molecule has 0 unspecified atom stereocenters. The number of quaternary nitrogens is 1. The second-order valence-corrected chi connectivity index (χ2v) is 17.5. The largest absolute Gasteiger partial charge is 0.489 e. The second kappa shape index (κ2) is 14.7. The fourth-order valence-corrected chi connectivity index (χ4v) is 10.4. The summed E-state index contributed by atoms with van der Waals surface area (Å²) in [7, 11) is -2.12. The van der Waals surface area contributed by atoms with Crippen LogP contribution in [0.15, 0.2) is 35.2 Å². The minimum atomic E-state index is -3.97. The van der Waals surface area contributed by atoms with Crippen LogP contribution < -0.4 is 31.3 Å². The molecule has 5 aliphatic rings. The molecule has 4 aliphatic heterocycles. The normalized spacial score (nSPS) is 28.9. The van der Waals surface area contributed by atoms with E-state index in [-0.39, 0.29) is 102 Å². The standard InChI is InChI=1S/C35H45ClF2N8O7S/c1-46(19-31(40)47)14-2-3-27(46)33(48)41-23-6-4-21(5-7-23)35(37,38)22-15-30(36)42-32(16-22)43-10-12-44(13-11-43)54(50,51)24-8-9-25-28(17-24)52-20-26-29(18-39)53-34(49)45(25)26/h8-9,15-17,21,23,26-27,29H,2-7,10-14,18-20,39H2,1H3,(H2-,40,41,47,48)/p+1/t21?,23?,26-,27+,29+,46-/m1/s1. The number of piperazine rings is 1. The molecule has 1 saturated carbocycles. The molecule has 0 spiro atoms. The van der Waals surface area contributed by atoms with Gasteiger partial charge in [-0.05, 0) is 49.9 Å². The monoisotopic (exact) mass is 795 g/mol. The number of anilines is 2. The summed E-state index contributed by atoms with van der Waals surface area (Å²) >= 11 is 6.30. The molecule has 15 nitrogen and oxygen atoms in total. The number of fused-ring (bicyclic) bond motifs is 3. The number of nitrogens with zero attached hydrogens (tertiary/aromatic N) is 5. The van der Waals surface area contributed by atoms with Gasteiger partial charge in [0, 0.05) is 69.2 Å². The Balaban J connectivity index is 0.964. The molecule has 3 saturated heterocycles. The predicted molar refractivity (Wildman–Crippen MR) is 194 cm³/mol. The second-order valence-electron chi connectivity index (χ2n) is 15.1. The molecule has 3 amide bonds. The third-order valence-electron chi connectivity index (χ3n) is 11.7. The first-order valence-electron chi connectivity index (χ1n) is 18.3. The molecule has 2 aromatic rings. The third-order valence-corrected chi connectivity index (χ3v) is 13.8. The van der Waals surface area contributed by atoms with Crippen LogP contribution in [-0.2, 0) is 30.3 Å². The first-order chi connectivity index (χ1) is 25.6. The van der Waals surface area contributed by atoms with Gasteiger partial charge in [0.05, 0.1) is 24.2 Å². The molecule has 4 atom stereocenters. The first-order valence-corrected chi connectivity index (χ1v) is 20.1. The fourth-order valence-electron chi connectivity index (χ4n) is 8.73. The van der Waals surface area contributed by atoms with Crippen molar-refractivity contribution in [3.05, 3.63) is 41.0 Å². The zero-order valence-corrected chi connectivity index (χ0v) is 31.5. The minimum Gasteiger partial charge on any atom is -0.489 e. The molecule has 1 aromatic carbocycles. The Bertz CT molecular complexity index is 1910. The smallest absolute Gasteiger partial charge is 0.415 e. The number of carbonyl (C=O) groups excluding carboxylic acids is 3. The van der Waals surface area contributed by atoms with Gasteiger partial charge in [-0.15, -0.1) is 0 Å². The molecule has 5 N–H and O–H groups in total. The summed E-state index contributed by atoms with van der Waals surface area (Å²) in [5, 5.41) is 2.95. The van der Waals surface area contributed by atoms with Gasteiger partial charge in [0.2, 0.25) is 10.0 Å². The Hall–Kier alpha value is -3.84. The van der Waals surface area contributed by atoms with Crippen molar-refractivity contribution in [3.63, 3.8) is 0 Å². The van der Waals surface area contributed by atoms with E-state index in [2.05, 4.69) is 10.3 Å². The van der Waals surface area contributed by atoms with Crippen molar-refractivity contribution < 1.29 is 45.5 Å². The van der Waals surface area contributed by atoms with Crippen LogP contribution in [0.3, 0.4) is 0 Å². The number of likely N-dealkylation sites (N-methyl/N-ethyl adjacent to an activating group) is 1. The number of hydrogen-bond acceptors (Lipinski definition) is 10. The molecule has 0 radical (unpaired) electrons. The van der Waals surface area contributed by atoms with E-state index in [0.717, 1.165) is 6.42 Å². The summed E-state index contributed by atoms with van der Waals surface area (Å²) < 4.78 is 72.3. The maximum atomic E-state index is 16.1. The molecule has 0 bridgehead atoms. The molecule has 7 rings (SSSR count). The highest BCUT2D eigenvalue weighted by molar-refractivity contribution is 7.89. The minimum absolute atomic E-state index is 0.00699. The molecule has 5 heterocycles. The molecule has 54 heavy (non-hydrogen) atoms. The van der Waals surface area contributed by atoms with Crippen molar-refractivity contribution in [1.29, 1.82) is 0 Å². The van der Waals surface area contributed by atoms with Gasteiger partial charge in [-0.3, -0.25) is 14.5 Å². The van der Waals surface area contributed by atoms with E-state index in [0.29, 0.717) is 31.5 Å². The van der Waals surface area contributed by atoms with Crippen LogP contribution in [0.1, 0.15) is 44.1 Å². The summed E-state index contributed by atoms with van der Waals surface area (Å²) in [4.78, 5) is 44.8. The van der Waals surface area contributed by atoms with Gasteiger partial charge in [-0.25, -0.2) is 27.0 Å². The van der Waals surface area contributed by atoms with Crippen LogP contribution >= 0.6 is 11.6 Å². The molecular formula is C35H46ClF2N8O7S+. The van der Waals surface area contributed by atoms with Crippen molar-refractivity contribution in [2.45, 2.75) is 73.6 Å². The van der Waals surface area contributed by atoms with E-state index >= 15 is 8.78 Å². The summed E-state index contributed by atoms with van der Waals surface area (Å²) in [5.74, 6) is -4.37. The number of carbonyl (C=O) groups is 3. The molecular weight excluding hydrogens is 750 g/mol. The number of benzene rings is 1. The van der Waals surface area contributed by atoms with Crippen LogP contribution in [-0.4, -0.2) is 124 Å². The Labute approximate surface area is 317 Å². The number of alkyl halides is 2. The highest BCUT2D eigenvalue weighted by atomic mass is 35.5. The Kier molecular flexibility index (Phi) is 10.4. The van der Waals surface area contributed by atoms with Crippen LogP contribution in [0.5, 0.6) is 5.75 Å². The fraction of sp³-hybridized carbons (Fsp3) is 0.600. The average Bonchev–Trinajstić information content (AvgIpc) is 3.69. The van der Waals surface area contributed by atoms with Gasteiger partial charge in [-0.2, -0.15) is 4.31 Å². The maximum absolute atomic E-state index is 16.1.